The standard InChI is InChI=1S/C11H23NS/c1-6-11(9(2)3)12(10(4)5)7-8-13-11/h9-10H,6-8H2,1-5H3/t11-/m1/s1. The highest BCUT2D eigenvalue weighted by Gasteiger charge is 2.43. The highest BCUT2D eigenvalue weighted by atomic mass is 32.2. The number of nitrogens with zero attached hydrogens (tertiary/aromatic N) is 1. The molecule has 78 valence electrons. The van der Waals surface area contributed by atoms with Gasteiger partial charge in [0, 0.05) is 18.3 Å². The van der Waals surface area contributed by atoms with E-state index in [0.29, 0.717) is 10.9 Å². The summed E-state index contributed by atoms with van der Waals surface area (Å²) in [6.07, 6.45) is 1.27. The maximum Gasteiger partial charge on any atom is 0.0693 e. The van der Waals surface area contributed by atoms with E-state index in [1.165, 1.54) is 18.7 Å². The zero-order valence-corrected chi connectivity index (χ0v) is 10.4. The first-order valence-corrected chi connectivity index (χ1v) is 6.44. The fourth-order valence-corrected chi connectivity index (χ4v) is 4.15. The second-order valence-corrected chi connectivity index (χ2v) is 5.89. The van der Waals surface area contributed by atoms with Gasteiger partial charge in [0.1, 0.15) is 0 Å². The molecule has 0 aromatic carbocycles. The van der Waals surface area contributed by atoms with Crippen molar-refractivity contribution in [1.29, 1.82) is 0 Å². The van der Waals surface area contributed by atoms with Gasteiger partial charge in [0.05, 0.1) is 4.87 Å². The van der Waals surface area contributed by atoms with Crippen molar-refractivity contribution in [3.8, 4) is 0 Å². The van der Waals surface area contributed by atoms with Gasteiger partial charge < -0.3 is 0 Å². The van der Waals surface area contributed by atoms with E-state index in [4.69, 9.17) is 0 Å². The SMILES string of the molecule is CC[C@]1(C(C)C)SCCN1C(C)C. The van der Waals surface area contributed by atoms with Crippen LogP contribution in [-0.2, 0) is 0 Å². The second-order valence-electron chi connectivity index (χ2n) is 4.49. The molecular weight excluding hydrogens is 178 g/mol. The van der Waals surface area contributed by atoms with Crippen LogP contribution in [0.25, 0.3) is 0 Å². The van der Waals surface area contributed by atoms with Gasteiger partial charge in [-0.05, 0) is 26.2 Å². The first kappa shape index (κ1) is 11.4. The normalized spacial score (nSPS) is 30.7. The van der Waals surface area contributed by atoms with Gasteiger partial charge in [0.15, 0.2) is 0 Å². The lowest BCUT2D eigenvalue weighted by Crippen LogP contribution is -2.49. The summed E-state index contributed by atoms with van der Waals surface area (Å²) in [4.78, 5) is 3.11. The lowest BCUT2D eigenvalue weighted by molar-refractivity contribution is 0.108. The molecule has 1 aliphatic rings. The fourth-order valence-electron chi connectivity index (χ4n) is 2.50. The zero-order valence-electron chi connectivity index (χ0n) is 9.63. The molecule has 0 unspecified atom stereocenters. The van der Waals surface area contributed by atoms with E-state index >= 15 is 0 Å². The zero-order chi connectivity index (χ0) is 10.1. The lowest BCUT2D eigenvalue weighted by Gasteiger charge is -2.42. The van der Waals surface area contributed by atoms with Gasteiger partial charge in [0.2, 0.25) is 0 Å². The number of hydrogen-bond acceptors (Lipinski definition) is 2. The van der Waals surface area contributed by atoms with Crippen LogP contribution in [0, 0.1) is 5.92 Å². The van der Waals surface area contributed by atoms with Crippen molar-refractivity contribution in [1.82, 2.24) is 4.90 Å². The Balaban J connectivity index is 2.83. The van der Waals surface area contributed by atoms with Crippen LogP contribution in [0.4, 0.5) is 0 Å². The van der Waals surface area contributed by atoms with Crippen molar-refractivity contribution < 1.29 is 0 Å². The van der Waals surface area contributed by atoms with Crippen LogP contribution in [0.2, 0.25) is 0 Å². The van der Waals surface area contributed by atoms with E-state index in [0.717, 1.165) is 5.92 Å². The summed E-state index contributed by atoms with van der Waals surface area (Å²) >= 11 is 2.16. The first-order chi connectivity index (χ1) is 6.04. The van der Waals surface area contributed by atoms with Crippen LogP contribution in [0.15, 0.2) is 0 Å². The Morgan fingerprint density at radius 1 is 1.31 bits per heavy atom. The average Bonchev–Trinajstić information content (AvgIpc) is 2.48. The topological polar surface area (TPSA) is 3.24 Å². The molecule has 0 spiro atoms. The summed E-state index contributed by atoms with van der Waals surface area (Å²) in [6.45, 7) is 13.0. The Morgan fingerprint density at radius 2 is 1.92 bits per heavy atom. The van der Waals surface area contributed by atoms with Gasteiger partial charge in [-0.2, -0.15) is 0 Å². The fraction of sp³-hybridized carbons (Fsp3) is 1.00. The van der Waals surface area contributed by atoms with Gasteiger partial charge in [-0.1, -0.05) is 20.8 Å². The molecule has 1 fully saturated rings. The smallest absolute Gasteiger partial charge is 0.0693 e. The van der Waals surface area contributed by atoms with Crippen LogP contribution in [-0.4, -0.2) is 28.1 Å². The molecule has 1 heterocycles. The van der Waals surface area contributed by atoms with Crippen molar-refractivity contribution in [3.63, 3.8) is 0 Å². The minimum Gasteiger partial charge on any atom is -0.285 e. The highest BCUT2D eigenvalue weighted by molar-refractivity contribution is 8.00. The molecule has 0 aromatic heterocycles. The van der Waals surface area contributed by atoms with Gasteiger partial charge in [-0.3, -0.25) is 4.90 Å². The molecule has 0 saturated carbocycles. The molecule has 1 rings (SSSR count). The Morgan fingerprint density at radius 3 is 2.23 bits per heavy atom. The second kappa shape index (κ2) is 4.22. The lowest BCUT2D eigenvalue weighted by atomic mass is 9.97. The Hall–Kier alpha value is 0.310. The summed E-state index contributed by atoms with van der Waals surface area (Å²) in [6, 6.07) is 0.692. The van der Waals surface area contributed by atoms with Crippen molar-refractivity contribution in [2.45, 2.75) is 52.0 Å². The molecule has 0 aliphatic carbocycles. The van der Waals surface area contributed by atoms with E-state index in [-0.39, 0.29) is 0 Å². The van der Waals surface area contributed by atoms with Crippen LogP contribution in [0.1, 0.15) is 41.0 Å². The first-order valence-electron chi connectivity index (χ1n) is 5.45. The molecule has 1 saturated heterocycles. The third kappa shape index (κ3) is 1.89. The van der Waals surface area contributed by atoms with Gasteiger partial charge in [-0.15, -0.1) is 11.8 Å². The summed E-state index contributed by atoms with van der Waals surface area (Å²) < 4.78 is 0. The molecule has 0 aromatic rings. The van der Waals surface area contributed by atoms with E-state index in [1.807, 2.05) is 0 Å². The van der Waals surface area contributed by atoms with Crippen molar-refractivity contribution in [2.24, 2.45) is 5.92 Å². The summed E-state index contributed by atoms with van der Waals surface area (Å²) in [5, 5.41) is 0. The summed E-state index contributed by atoms with van der Waals surface area (Å²) in [7, 11) is 0. The molecule has 0 N–H and O–H groups in total. The molecule has 1 aliphatic heterocycles. The van der Waals surface area contributed by atoms with E-state index < -0.39 is 0 Å². The van der Waals surface area contributed by atoms with E-state index in [2.05, 4.69) is 51.3 Å². The van der Waals surface area contributed by atoms with Crippen LogP contribution in [0.3, 0.4) is 0 Å². The number of hydrogen-bond donors (Lipinski definition) is 0. The van der Waals surface area contributed by atoms with E-state index in [1.54, 1.807) is 0 Å². The Labute approximate surface area is 87.3 Å². The summed E-state index contributed by atoms with van der Waals surface area (Å²) in [5.74, 6) is 2.07. The maximum absolute atomic E-state index is 2.68. The minimum atomic E-state index is 0.425. The quantitative estimate of drug-likeness (QED) is 0.690. The molecule has 0 amide bonds. The van der Waals surface area contributed by atoms with Gasteiger partial charge in [-0.25, -0.2) is 0 Å². The largest absolute Gasteiger partial charge is 0.285 e. The Bertz CT molecular complexity index is 167. The molecule has 1 nitrogen and oxygen atoms in total. The molecule has 0 bridgehead atoms. The van der Waals surface area contributed by atoms with Crippen LogP contribution < -0.4 is 0 Å². The van der Waals surface area contributed by atoms with E-state index in [9.17, 15) is 0 Å². The molecule has 2 heteroatoms. The van der Waals surface area contributed by atoms with Crippen molar-refractivity contribution in [3.05, 3.63) is 0 Å². The average molecular weight is 201 g/mol. The minimum absolute atomic E-state index is 0.425. The molecule has 1 atom stereocenters. The van der Waals surface area contributed by atoms with Crippen molar-refractivity contribution in [2.75, 3.05) is 12.3 Å². The highest BCUT2D eigenvalue weighted by Crippen LogP contribution is 2.45. The maximum atomic E-state index is 2.68. The number of rotatable bonds is 3. The van der Waals surface area contributed by atoms with Crippen LogP contribution >= 0.6 is 11.8 Å². The summed E-state index contributed by atoms with van der Waals surface area (Å²) in [5.41, 5.74) is 0. The third-order valence-electron chi connectivity index (χ3n) is 3.20. The van der Waals surface area contributed by atoms with Crippen molar-refractivity contribution >= 4 is 11.8 Å². The third-order valence-corrected chi connectivity index (χ3v) is 5.08. The van der Waals surface area contributed by atoms with Gasteiger partial charge >= 0.3 is 0 Å². The molecule has 0 radical (unpaired) electrons. The molecular formula is C11H23NS. The predicted molar refractivity (Wildman–Crippen MR) is 62.2 cm³/mol. The monoisotopic (exact) mass is 201 g/mol. The van der Waals surface area contributed by atoms with Gasteiger partial charge in [0.25, 0.3) is 0 Å². The molecule has 13 heavy (non-hydrogen) atoms. The number of thioether (sulfide) groups is 1. The van der Waals surface area contributed by atoms with Crippen LogP contribution in [0.5, 0.6) is 0 Å². The Kier molecular flexibility index (Phi) is 3.70. The predicted octanol–water partition coefficient (Wildman–Crippen LogP) is 3.21.